The maximum Gasteiger partial charge on any atom is 0.185 e. The number of carbonyl (C=O) groups is 2. The molecule has 0 unspecified atom stereocenters. The van der Waals surface area contributed by atoms with Crippen LogP contribution in [0.5, 0.6) is 0 Å². The van der Waals surface area contributed by atoms with Crippen molar-refractivity contribution in [1.29, 1.82) is 0 Å². The van der Waals surface area contributed by atoms with Crippen molar-refractivity contribution >= 4 is 23.3 Å². The number of hydrogen-bond donors (Lipinski definition) is 0. The molecule has 0 aliphatic carbocycles. The van der Waals surface area contributed by atoms with Crippen LogP contribution in [0.25, 0.3) is 0 Å². The van der Waals surface area contributed by atoms with Crippen LogP contribution in [-0.2, 0) is 6.42 Å². The summed E-state index contributed by atoms with van der Waals surface area (Å²) in [6, 6.07) is 11.7. The summed E-state index contributed by atoms with van der Waals surface area (Å²) in [7, 11) is 0. The highest BCUT2D eigenvalue weighted by atomic mass is 32.2. The van der Waals surface area contributed by atoms with Crippen LogP contribution in [0.3, 0.4) is 0 Å². The van der Waals surface area contributed by atoms with Crippen molar-refractivity contribution in [3.05, 3.63) is 83.0 Å². The molecule has 2 aromatic rings. The van der Waals surface area contributed by atoms with E-state index in [9.17, 15) is 9.59 Å². The number of rotatable bonds is 4. The van der Waals surface area contributed by atoms with Crippen LogP contribution in [0.1, 0.15) is 45.7 Å². The zero-order chi connectivity index (χ0) is 17.1. The molecular weight excluding hydrogens is 316 g/mol. The molecule has 0 N–H and O–H groups in total. The lowest BCUT2D eigenvalue weighted by molar-refractivity contribution is 0.103. The van der Waals surface area contributed by atoms with Gasteiger partial charge in [-0.2, -0.15) is 0 Å². The number of allylic oxidation sites excluding steroid dienone is 4. The first kappa shape index (κ1) is 16.5. The molecule has 0 saturated carbocycles. The van der Waals surface area contributed by atoms with Gasteiger partial charge >= 0.3 is 0 Å². The van der Waals surface area contributed by atoms with E-state index in [2.05, 4.69) is 0 Å². The molecule has 2 nitrogen and oxygen atoms in total. The zero-order valence-corrected chi connectivity index (χ0v) is 14.5. The van der Waals surface area contributed by atoms with Crippen LogP contribution in [0.4, 0.5) is 0 Å². The van der Waals surface area contributed by atoms with E-state index in [0.29, 0.717) is 11.1 Å². The second-order valence-electron chi connectivity index (χ2n) is 5.65. The van der Waals surface area contributed by atoms with E-state index in [4.69, 9.17) is 0 Å². The summed E-state index contributed by atoms with van der Waals surface area (Å²) in [5.74, 6) is 0.0428. The Hall–Kier alpha value is -2.39. The van der Waals surface area contributed by atoms with Crippen LogP contribution in [0.15, 0.2) is 70.5 Å². The Morgan fingerprint density at radius 3 is 1.71 bits per heavy atom. The average molecular weight is 334 g/mol. The molecule has 3 rings (SSSR count). The van der Waals surface area contributed by atoms with E-state index < -0.39 is 0 Å². The van der Waals surface area contributed by atoms with Crippen molar-refractivity contribution in [3.63, 3.8) is 0 Å². The fourth-order valence-electron chi connectivity index (χ4n) is 2.76. The van der Waals surface area contributed by atoms with Gasteiger partial charge in [0.2, 0.25) is 0 Å². The first-order valence-electron chi connectivity index (χ1n) is 7.90. The monoisotopic (exact) mass is 334 g/mol. The maximum absolute atomic E-state index is 12.0. The Morgan fingerprint density at radius 2 is 1.29 bits per heavy atom. The van der Waals surface area contributed by atoms with Crippen LogP contribution < -0.4 is 0 Å². The summed E-state index contributed by atoms with van der Waals surface area (Å²) in [5.41, 5.74) is 3.69. The first-order valence-corrected chi connectivity index (χ1v) is 8.71. The van der Waals surface area contributed by atoms with Crippen LogP contribution in [0, 0.1) is 0 Å². The van der Waals surface area contributed by atoms with Crippen LogP contribution in [-0.4, -0.2) is 11.6 Å². The molecule has 120 valence electrons. The van der Waals surface area contributed by atoms with Gasteiger partial charge < -0.3 is 0 Å². The lowest BCUT2D eigenvalue weighted by Crippen LogP contribution is -2.05. The van der Waals surface area contributed by atoms with Crippen LogP contribution >= 0.6 is 11.8 Å². The van der Waals surface area contributed by atoms with Crippen molar-refractivity contribution in [1.82, 2.24) is 0 Å². The predicted octanol–water partition coefficient (Wildman–Crippen LogP) is 5.26. The fraction of sp³-hybridized carbons (Fsp3) is 0.143. The van der Waals surface area contributed by atoms with E-state index in [1.165, 1.54) is 9.79 Å². The minimum Gasteiger partial charge on any atom is -0.289 e. The Labute approximate surface area is 146 Å². The number of ketones is 2. The molecule has 0 fully saturated rings. The summed E-state index contributed by atoms with van der Waals surface area (Å²) < 4.78 is 0. The largest absolute Gasteiger partial charge is 0.289 e. The Balaban J connectivity index is 1.94. The summed E-state index contributed by atoms with van der Waals surface area (Å²) in [6.45, 7) is 3.68. The summed E-state index contributed by atoms with van der Waals surface area (Å²) in [6.07, 6.45) is 7.42. The van der Waals surface area contributed by atoms with E-state index in [-0.39, 0.29) is 11.6 Å². The molecule has 1 aliphatic heterocycles. The normalized spacial score (nSPS) is 13.1. The lowest BCUT2D eigenvalue weighted by Gasteiger charge is -2.20. The third-order valence-corrected chi connectivity index (χ3v) is 5.16. The standard InChI is InChI=1S/C21H18O2S/c1-3-5-18(22)14-7-9-20-16(11-14)13-17-12-15(19(23)6-4-2)8-10-21(17)24-20/h3-12H,13H2,1-2H3/b5-3+,6-4+. The molecule has 0 aromatic heterocycles. The quantitative estimate of drug-likeness (QED) is 0.482. The van der Waals surface area contributed by atoms with Gasteiger partial charge in [0.05, 0.1) is 0 Å². The van der Waals surface area contributed by atoms with E-state index in [1.807, 2.05) is 50.2 Å². The van der Waals surface area contributed by atoms with Gasteiger partial charge in [0, 0.05) is 20.9 Å². The molecule has 0 saturated heterocycles. The van der Waals surface area contributed by atoms with Crippen molar-refractivity contribution in [3.8, 4) is 0 Å². The molecule has 0 bridgehead atoms. The van der Waals surface area contributed by atoms with Gasteiger partial charge in [-0.25, -0.2) is 0 Å². The molecular formula is C21H18O2S. The molecule has 1 aliphatic rings. The molecule has 24 heavy (non-hydrogen) atoms. The minimum absolute atomic E-state index is 0.0214. The van der Waals surface area contributed by atoms with E-state index >= 15 is 0 Å². The Morgan fingerprint density at radius 1 is 0.833 bits per heavy atom. The highest BCUT2D eigenvalue weighted by Crippen LogP contribution is 2.40. The van der Waals surface area contributed by atoms with Crippen molar-refractivity contribution in [2.45, 2.75) is 30.1 Å². The minimum atomic E-state index is 0.0214. The summed E-state index contributed by atoms with van der Waals surface area (Å²) in [4.78, 5) is 26.4. The molecule has 0 amide bonds. The van der Waals surface area contributed by atoms with Gasteiger partial charge in [-0.15, -0.1) is 0 Å². The molecule has 2 aromatic carbocycles. The van der Waals surface area contributed by atoms with Crippen LogP contribution in [0.2, 0.25) is 0 Å². The number of benzene rings is 2. The second-order valence-corrected chi connectivity index (χ2v) is 6.74. The number of fused-ring (bicyclic) bond motifs is 2. The highest BCUT2D eigenvalue weighted by molar-refractivity contribution is 7.99. The zero-order valence-electron chi connectivity index (χ0n) is 13.7. The third-order valence-electron chi connectivity index (χ3n) is 3.93. The topological polar surface area (TPSA) is 34.1 Å². The highest BCUT2D eigenvalue weighted by Gasteiger charge is 2.18. The van der Waals surface area contributed by atoms with Crippen molar-refractivity contribution < 1.29 is 9.59 Å². The first-order chi connectivity index (χ1) is 11.6. The molecule has 0 radical (unpaired) electrons. The Bertz CT molecular complexity index is 804. The lowest BCUT2D eigenvalue weighted by atomic mass is 9.98. The predicted molar refractivity (Wildman–Crippen MR) is 98.1 cm³/mol. The molecule has 3 heteroatoms. The van der Waals surface area contributed by atoms with Gasteiger partial charge in [0.15, 0.2) is 11.6 Å². The second kappa shape index (κ2) is 7.02. The van der Waals surface area contributed by atoms with Gasteiger partial charge in [-0.05, 0) is 79.9 Å². The van der Waals surface area contributed by atoms with Gasteiger partial charge in [-0.3, -0.25) is 9.59 Å². The fourth-order valence-corrected chi connectivity index (χ4v) is 3.79. The summed E-state index contributed by atoms with van der Waals surface area (Å²) >= 11 is 1.69. The van der Waals surface area contributed by atoms with Gasteiger partial charge in [0.1, 0.15) is 0 Å². The summed E-state index contributed by atoms with van der Waals surface area (Å²) in [5, 5.41) is 0. The number of carbonyl (C=O) groups excluding carboxylic acids is 2. The van der Waals surface area contributed by atoms with Gasteiger partial charge in [-0.1, -0.05) is 23.9 Å². The molecule has 0 atom stereocenters. The smallest absolute Gasteiger partial charge is 0.185 e. The SMILES string of the molecule is C/C=C/C(=O)c1ccc2c(c1)Cc1cc(C(=O)/C=C/C)ccc1S2. The average Bonchev–Trinajstić information content (AvgIpc) is 2.59. The van der Waals surface area contributed by atoms with E-state index in [0.717, 1.165) is 17.5 Å². The Kier molecular flexibility index (Phi) is 4.81. The third kappa shape index (κ3) is 3.26. The molecule has 1 heterocycles. The molecule has 0 spiro atoms. The number of hydrogen-bond acceptors (Lipinski definition) is 3. The maximum atomic E-state index is 12.0. The van der Waals surface area contributed by atoms with Crippen molar-refractivity contribution in [2.75, 3.05) is 0 Å². The van der Waals surface area contributed by atoms with Gasteiger partial charge in [0.25, 0.3) is 0 Å². The van der Waals surface area contributed by atoms with Crippen molar-refractivity contribution in [2.24, 2.45) is 0 Å². The van der Waals surface area contributed by atoms with E-state index in [1.54, 1.807) is 36.1 Å².